The van der Waals surface area contributed by atoms with Crippen LogP contribution in [0.1, 0.15) is 52.5 Å². The van der Waals surface area contributed by atoms with Crippen molar-refractivity contribution in [3.8, 4) is 5.75 Å². The van der Waals surface area contributed by atoms with Crippen molar-refractivity contribution in [2.75, 3.05) is 0 Å². The fourth-order valence-electron chi connectivity index (χ4n) is 4.12. The Morgan fingerprint density at radius 1 is 1.21 bits per heavy atom. The zero-order valence-electron chi connectivity index (χ0n) is 16.9. The Morgan fingerprint density at radius 2 is 2.04 bits per heavy atom. The van der Waals surface area contributed by atoms with Crippen molar-refractivity contribution in [2.24, 2.45) is 7.05 Å². The second-order valence-electron chi connectivity index (χ2n) is 7.70. The number of nitrogens with zero attached hydrogens (tertiary/aromatic N) is 3. The summed E-state index contributed by atoms with van der Waals surface area (Å²) >= 11 is 0. The van der Waals surface area contributed by atoms with E-state index in [0.29, 0.717) is 12.6 Å². The number of aryl methyl sites for hydroxylation is 4. The summed E-state index contributed by atoms with van der Waals surface area (Å²) in [6.45, 7) is 5.57. The number of pyridine rings is 1. The lowest BCUT2D eigenvalue weighted by molar-refractivity contribution is 0.297. The smallest absolute Gasteiger partial charge is 0.130 e. The van der Waals surface area contributed by atoms with Crippen LogP contribution in [0.25, 0.3) is 0 Å². The minimum Gasteiger partial charge on any atom is -0.487 e. The molecule has 0 saturated heterocycles. The highest BCUT2D eigenvalue weighted by Gasteiger charge is 2.22. The molecule has 5 nitrogen and oxygen atoms in total. The molecule has 1 aliphatic carbocycles. The number of aromatic nitrogens is 3. The summed E-state index contributed by atoms with van der Waals surface area (Å²) in [4.78, 5) is 4.33. The Labute approximate surface area is 166 Å². The van der Waals surface area contributed by atoms with Gasteiger partial charge in [-0.25, -0.2) is 0 Å². The van der Waals surface area contributed by atoms with Crippen molar-refractivity contribution >= 4 is 0 Å². The number of hydrogen-bond acceptors (Lipinski definition) is 4. The van der Waals surface area contributed by atoms with E-state index in [0.717, 1.165) is 24.4 Å². The number of nitrogens with one attached hydrogen (secondary N) is 1. The number of ether oxygens (including phenoxy) is 1. The largest absolute Gasteiger partial charge is 0.487 e. The van der Waals surface area contributed by atoms with Crippen LogP contribution in [0.5, 0.6) is 5.75 Å². The number of hydrogen-bond donors (Lipinski definition) is 1. The molecule has 0 bridgehead atoms. The molecule has 1 aromatic carbocycles. The van der Waals surface area contributed by atoms with Crippen LogP contribution in [-0.2, 0) is 26.6 Å². The highest BCUT2D eigenvalue weighted by molar-refractivity contribution is 5.43. The van der Waals surface area contributed by atoms with Crippen LogP contribution in [0.2, 0.25) is 0 Å². The lowest BCUT2D eigenvalue weighted by Crippen LogP contribution is -2.24. The first-order valence-corrected chi connectivity index (χ1v) is 9.99. The normalized spacial score (nSPS) is 16.0. The lowest BCUT2D eigenvalue weighted by atomic mass is 9.93. The van der Waals surface area contributed by atoms with Crippen LogP contribution in [0.4, 0.5) is 0 Å². The van der Waals surface area contributed by atoms with Crippen LogP contribution in [0, 0.1) is 13.8 Å². The van der Waals surface area contributed by atoms with Crippen molar-refractivity contribution in [1.29, 1.82) is 0 Å². The van der Waals surface area contributed by atoms with Crippen LogP contribution < -0.4 is 10.1 Å². The first-order valence-electron chi connectivity index (χ1n) is 9.99. The summed E-state index contributed by atoms with van der Waals surface area (Å²) in [6.07, 6.45) is 7.42. The van der Waals surface area contributed by atoms with E-state index in [-0.39, 0.29) is 0 Å². The Balaban J connectivity index is 1.42. The van der Waals surface area contributed by atoms with E-state index in [1.54, 1.807) is 6.20 Å². The van der Waals surface area contributed by atoms with Gasteiger partial charge in [0.05, 0.1) is 11.4 Å². The molecule has 0 aliphatic heterocycles. The summed E-state index contributed by atoms with van der Waals surface area (Å²) in [6, 6.07) is 10.7. The fraction of sp³-hybridized carbons (Fsp3) is 0.391. The molecule has 146 valence electrons. The average molecular weight is 377 g/mol. The van der Waals surface area contributed by atoms with Gasteiger partial charge in [0.25, 0.3) is 0 Å². The molecule has 1 atom stereocenters. The standard InChI is InChI=1S/C23H28N4O/c1-16-11-18(12-17(2)23(16)28-15-19-7-4-5-10-24-19)13-25-21-8-6-9-22-20(21)14-27(3)26-22/h4-5,7,10-12,14,21,25H,6,8-9,13,15H2,1-3H3. The van der Waals surface area contributed by atoms with Gasteiger partial charge in [-0.1, -0.05) is 18.2 Å². The van der Waals surface area contributed by atoms with Crippen LogP contribution >= 0.6 is 0 Å². The molecule has 0 amide bonds. The average Bonchev–Trinajstić information content (AvgIpc) is 3.07. The van der Waals surface area contributed by atoms with Crippen molar-refractivity contribution in [3.63, 3.8) is 0 Å². The molecule has 28 heavy (non-hydrogen) atoms. The van der Waals surface area contributed by atoms with E-state index in [2.05, 4.69) is 47.6 Å². The molecule has 0 saturated carbocycles. The Bertz CT molecular complexity index is 925. The summed E-state index contributed by atoms with van der Waals surface area (Å²) in [7, 11) is 2.01. The van der Waals surface area contributed by atoms with Crippen LogP contribution in [0.3, 0.4) is 0 Å². The molecule has 0 fully saturated rings. The first-order chi connectivity index (χ1) is 13.6. The Morgan fingerprint density at radius 3 is 2.79 bits per heavy atom. The lowest BCUT2D eigenvalue weighted by Gasteiger charge is -2.23. The van der Waals surface area contributed by atoms with Gasteiger partial charge in [0.1, 0.15) is 12.4 Å². The van der Waals surface area contributed by atoms with Crippen molar-refractivity contribution in [3.05, 3.63) is 76.4 Å². The predicted octanol–water partition coefficient (Wildman–Crippen LogP) is 4.18. The first kappa shape index (κ1) is 18.7. The van der Waals surface area contributed by atoms with Gasteiger partial charge >= 0.3 is 0 Å². The van der Waals surface area contributed by atoms with Crippen molar-refractivity contribution in [2.45, 2.75) is 52.3 Å². The van der Waals surface area contributed by atoms with Gasteiger partial charge in [0, 0.05) is 37.6 Å². The molecular weight excluding hydrogens is 348 g/mol. The Kier molecular flexibility index (Phi) is 5.44. The molecular formula is C23H28N4O. The van der Waals surface area contributed by atoms with Crippen LogP contribution in [-0.4, -0.2) is 14.8 Å². The third-order valence-corrected chi connectivity index (χ3v) is 5.38. The number of rotatable bonds is 6. The summed E-state index contributed by atoms with van der Waals surface area (Å²) < 4.78 is 8.00. The number of fused-ring (bicyclic) bond motifs is 1. The molecule has 2 heterocycles. The summed E-state index contributed by atoms with van der Waals surface area (Å²) in [5, 5.41) is 8.33. The van der Waals surface area contributed by atoms with Gasteiger partial charge < -0.3 is 10.1 Å². The van der Waals surface area contributed by atoms with E-state index in [1.807, 2.05) is 29.9 Å². The molecule has 1 unspecified atom stereocenters. The molecule has 0 spiro atoms. The van der Waals surface area contributed by atoms with E-state index < -0.39 is 0 Å². The highest BCUT2D eigenvalue weighted by atomic mass is 16.5. The minimum absolute atomic E-state index is 0.387. The second-order valence-corrected chi connectivity index (χ2v) is 7.70. The molecule has 1 N–H and O–H groups in total. The van der Waals surface area contributed by atoms with Crippen molar-refractivity contribution < 1.29 is 4.74 Å². The molecule has 4 rings (SSSR count). The van der Waals surface area contributed by atoms with Gasteiger partial charge in [0.2, 0.25) is 0 Å². The van der Waals surface area contributed by atoms with E-state index in [9.17, 15) is 0 Å². The SMILES string of the molecule is Cc1cc(CNC2CCCc3nn(C)cc32)cc(C)c1OCc1ccccn1. The van der Waals surface area contributed by atoms with Crippen molar-refractivity contribution in [1.82, 2.24) is 20.1 Å². The molecule has 2 aromatic heterocycles. The second kappa shape index (κ2) is 8.15. The van der Waals surface area contributed by atoms with Gasteiger partial charge in [-0.3, -0.25) is 9.67 Å². The molecule has 5 heteroatoms. The summed E-state index contributed by atoms with van der Waals surface area (Å²) in [5.74, 6) is 0.960. The zero-order chi connectivity index (χ0) is 19.5. The van der Waals surface area contributed by atoms with E-state index in [1.165, 1.54) is 40.8 Å². The van der Waals surface area contributed by atoms with Gasteiger partial charge in [-0.15, -0.1) is 0 Å². The maximum atomic E-state index is 6.06. The van der Waals surface area contributed by atoms with E-state index >= 15 is 0 Å². The highest BCUT2D eigenvalue weighted by Crippen LogP contribution is 2.30. The van der Waals surface area contributed by atoms with Gasteiger partial charge in [-0.2, -0.15) is 5.10 Å². The monoisotopic (exact) mass is 376 g/mol. The maximum absolute atomic E-state index is 6.06. The zero-order valence-corrected chi connectivity index (χ0v) is 16.9. The quantitative estimate of drug-likeness (QED) is 0.701. The predicted molar refractivity (Wildman–Crippen MR) is 110 cm³/mol. The molecule has 0 radical (unpaired) electrons. The maximum Gasteiger partial charge on any atom is 0.130 e. The molecule has 1 aliphatic rings. The fourth-order valence-corrected chi connectivity index (χ4v) is 4.12. The van der Waals surface area contributed by atoms with Gasteiger partial charge in [0.15, 0.2) is 0 Å². The third kappa shape index (κ3) is 4.09. The van der Waals surface area contributed by atoms with Gasteiger partial charge in [-0.05, 0) is 61.9 Å². The third-order valence-electron chi connectivity index (χ3n) is 5.38. The Hall–Kier alpha value is -2.66. The van der Waals surface area contributed by atoms with Crippen LogP contribution in [0.15, 0.2) is 42.7 Å². The molecule has 3 aromatic rings. The van der Waals surface area contributed by atoms with E-state index in [4.69, 9.17) is 4.74 Å². The topological polar surface area (TPSA) is 52.0 Å². The summed E-state index contributed by atoms with van der Waals surface area (Å²) in [5.41, 5.74) is 7.17. The number of benzene rings is 1. The minimum atomic E-state index is 0.387.